The third-order valence-electron chi connectivity index (χ3n) is 4.84. The molecule has 0 spiro atoms. The number of nitrogens with zero attached hydrogens (tertiary/aromatic N) is 2. The number of benzene rings is 2. The summed E-state index contributed by atoms with van der Waals surface area (Å²) in [5.41, 5.74) is -3.08. The van der Waals surface area contributed by atoms with E-state index in [1.165, 1.54) is 19.2 Å². The summed E-state index contributed by atoms with van der Waals surface area (Å²) in [6.07, 6.45) is -3.54. The molecule has 9 heteroatoms. The number of halogens is 4. The number of hydrogen-bond acceptors (Lipinski definition) is 4. The maximum atomic E-state index is 14.2. The van der Waals surface area contributed by atoms with Crippen LogP contribution in [0.3, 0.4) is 0 Å². The van der Waals surface area contributed by atoms with E-state index in [1.54, 1.807) is 25.2 Å². The minimum Gasteiger partial charge on any atom is -0.496 e. The van der Waals surface area contributed by atoms with E-state index in [0.29, 0.717) is 17.8 Å². The van der Waals surface area contributed by atoms with Crippen molar-refractivity contribution in [2.24, 2.45) is 4.99 Å². The maximum Gasteiger partial charge on any atom is 0.423 e. The van der Waals surface area contributed by atoms with Gasteiger partial charge in [-0.25, -0.2) is 9.38 Å². The van der Waals surface area contributed by atoms with Crippen LogP contribution in [0.1, 0.15) is 28.9 Å². The number of aliphatic imine (C=N–C) groups is 1. The number of rotatable bonds is 7. The Hall–Kier alpha value is -2.26. The highest BCUT2D eigenvalue weighted by molar-refractivity contribution is 7.80. The van der Waals surface area contributed by atoms with Gasteiger partial charge in [0.25, 0.3) is 0 Å². The molecule has 0 aliphatic rings. The van der Waals surface area contributed by atoms with Crippen LogP contribution >= 0.6 is 12.6 Å². The number of hydrogen-bond donors (Lipinski definition) is 2. The molecule has 0 aliphatic carbocycles. The zero-order chi connectivity index (χ0) is 22.7. The van der Waals surface area contributed by atoms with Crippen LogP contribution in [0.2, 0.25) is 0 Å². The van der Waals surface area contributed by atoms with E-state index < -0.39 is 28.4 Å². The minimum atomic E-state index is -5.10. The number of thiol groups is 1. The van der Waals surface area contributed by atoms with Gasteiger partial charge in [0.1, 0.15) is 11.6 Å². The molecule has 0 saturated heterocycles. The van der Waals surface area contributed by atoms with E-state index in [0.717, 1.165) is 24.3 Å². The average molecular weight is 444 g/mol. The predicted octanol–water partition coefficient (Wildman–Crippen LogP) is 5.18. The first kappa shape index (κ1) is 24.0. The Morgan fingerprint density at radius 3 is 2.33 bits per heavy atom. The summed E-state index contributed by atoms with van der Waals surface area (Å²) in [7, 11) is 3.02. The summed E-state index contributed by atoms with van der Waals surface area (Å²) in [4.78, 5) is 6.08. The quantitative estimate of drug-likeness (QED) is 0.268. The summed E-state index contributed by atoms with van der Waals surface area (Å²) in [5.74, 6) is -0.796. The summed E-state index contributed by atoms with van der Waals surface area (Å²) in [6.45, 7) is 4.21. The molecule has 0 saturated carbocycles. The molecule has 0 aromatic heterocycles. The molecule has 1 N–H and O–H groups in total. The zero-order valence-corrected chi connectivity index (χ0v) is 17.9. The number of alkyl halides is 3. The summed E-state index contributed by atoms with van der Waals surface area (Å²) in [5, 5.41) is 9.24. The Balaban J connectivity index is 2.66. The molecule has 0 bridgehead atoms. The molecule has 2 aromatic carbocycles. The SMILES string of the molecule is CCN(C)/C=N/c1cc(OC)c(C(O)(C(S)c2ccc(F)cc2)C(F)(F)F)cc1C. The molecule has 2 unspecified atom stereocenters. The van der Waals surface area contributed by atoms with E-state index >= 15 is 0 Å². The molecule has 0 amide bonds. The molecule has 30 heavy (non-hydrogen) atoms. The number of aryl methyl sites for hydroxylation is 1. The fourth-order valence-corrected chi connectivity index (χ4v) is 3.32. The van der Waals surface area contributed by atoms with Crippen molar-refractivity contribution in [3.63, 3.8) is 0 Å². The molecule has 164 valence electrons. The van der Waals surface area contributed by atoms with Gasteiger partial charge in [-0.05, 0) is 43.2 Å². The molecular weight excluding hydrogens is 420 g/mol. The van der Waals surface area contributed by atoms with Gasteiger partial charge >= 0.3 is 6.18 Å². The maximum absolute atomic E-state index is 14.2. The fourth-order valence-electron chi connectivity index (χ4n) is 2.87. The van der Waals surface area contributed by atoms with E-state index in [2.05, 4.69) is 17.6 Å². The predicted molar refractivity (Wildman–Crippen MR) is 112 cm³/mol. The van der Waals surface area contributed by atoms with Crippen LogP contribution in [-0.4, -0.2) is 43.2 Å². The lowest BCUT2D eigenvalue weighted by atomic mass is 9.84. The van der Waals surface area contributed by atoms with Gasteiger partial charge in [0, 0.05) is 25.2 Å². The van der Waals surface area contributed by atoms with Gasteiger partial charge in [-0.1, -0.05) is 12.1 Å². The van der Waals surface area contributed by atoms with Crippen molar-refractivity contribution < 1.29 is 27.4 Å². The highest BCUT2D eigenvalue weighted by Crippen LogP contribution is 2.53. The second-order valence-electron chi connectivity index (χ2n) is 6.88. The van der Waals surface area contributed by atoms with Crippen LogP contribution < -0.4 is 4.74 Å². The lowest BCUT2D eigenvalue weighted by molar-refractivity contribution is -0.267. The molecule has 0 radical (unpaired) electrons. The lowest BCUT2D eigenvalue weighted by Crippen LogP contribution is -2.46. The monoisotopic (exact) mass is 444 g/mol. The van der Waals surface area contributed by atoms with Crippen molar-refractivity contribution in [2.75, 3.05) is 20.7 Å². The van der Waals surface area contributed by atoms with E-state index in [4.69, 9.17) is 4.74 Å². The van der Waals surface area contributed by atoms with Gasteiger partial charge in [-0.2, -0.15) is 25.8 Å². The van der Waals surface area contributed by atoms with Crippen molar-refractivity contribution >= 4 is 24.7 Å². The molecule has 4 nitrogen and oxygen atoms in total. The van der Waals surface area contributed by atoms with Gasteiger partial charge in [0.15, 0.2) is 0 Å². The van der Waals surface area contributed by atoms with Crippen LogP contribution in [0.15, 0.2) is 41.4 Å². The van der Waals surface area contributed by atoms with Gasteiger partial charge in [-0.15, -0.1) is 0 Å². The van der Waals surface area contributed by atoms with Crippen molar-refractivity contribution in [3.8, 4) is 5.75 Å². The Morgan fingerprint density at radius 1 is 1.23 bits per heavy atom. The van der Waals surface area contributed by atoms with Crippen molar-refractivity contribution in [3.05, 3.63) is 58.9 Å². The van der Waals surface area contributed by atoms with E-state index in [9.17, 15) is 22.7 Å². The van der Waals surface area contributed by atoms with Gasteiger partial charge in [0.2, 0.25) is 5.60 Å². The standard InChI is InChI=1S/C21H24F4N2O2S/c1-5-27(3)12-26-17-11-18(29-4)16(10-13(17)2)20(28,21(23,24)25)19(30)14-6-8-15(22)9-7-14/h6-12,19,28,30H,5H2,1-4H3/b26-12+. The van der Waals surface area contributed by atoms with Crippen LogP contribution in [0.5, 0.6) is 5.75 Å². The molecule has 2 atom stereocenters. The van der Waals surface area contributed by atoms with Crippen LogP contribution in [0.4, 0.5) is 23.2 Å². The average Bonchev–Trinajstić information content (AvgIpc) is 2.70. The third kappa shape index (κ3) is 4.73. The van der Waals surface area contributed by atoms with Gasteiger partial charge < -0.3 is 14.7 Å². The molecule has 0 heterocycles. The molecular formula is C21H24F4N2O2S. The van der Waals surface area contributed by atoms with Crippen LogP contribution in [0, 0.1) is 12.7 Å². The Bertz CT molecular complexity index is 903. The first-order chi connectivity index (χ1) is 13.9. The number of aliphatic hydroxyl groups is 1. The summed E-state index contributed by atoms with van der Waals surface area (Å²) in [6, 6.07) is 6.87. The van der Waals surface area contributed by atoms with Crippen LogP contribution in [-0.2, 0) is 5.60 Å². The summed E-state index contributed by atoms with van der Waals surface area (Å²) < 4.78 is 61.0. The second kappa shape index (κ2) is 9.26. The summed E-state index contributed by atoms with van der Waals surface area (Å²) >= 11 is 4.08. The first-order valence-corrected chi connectivity index (χ1v) is 9.63. The highest BCUT2D eigenvalue weighted by atomic mass is 32.1. The topological polar surface area (TPSA) is 45.1 Å². The van der Waals surface area contributed by atoms with Crippen molar-refractivity contribution in [1.82, 2.24) is 4.90 Å². The molecule has 0 fully saturated rings. The Morgan fingerprint density at radius 2 is 1.83 bits per heavy atom. The largest absolute Gasteiger partial charge is 0.496 e. The normalized spacial score (nSPS) is 15.1. The fraction of sp³-hybridized carbons (Fsp3) is 0.381. The van der Waals surface area contributed by atoms with E-state index in [1.807, 2.05) is 6.92 Å². The number of ether oxygens (including phenoxy) is 1. The van der Waals surface area contributed by atoms with Crippen molar-refractivity contribution in [2.45, 2.75) is 30.9 Å². The van der Waals surface area contributed by atoms with Gasteiger partial charge in [0.05, 0.1) is 24.4 Å². The third-order valence-corrected chi connectivity index (χ3v) is 5.51. The molecule has 2 aromatic rings. The first-order valence-electron chi connectivity index (χ1n) is 9.11. The van der Waals surface area contributed by atoms with Gasteiger partial charge in [-0.3, -0.25) is 0 Å². The molecule has 2 rings (SSSR count). The Kier molecular flexibility index (Phi) is 7.41. The van der Waals surface area contributed by atoms with Crippen molar-refractivity contribution in [1.29, 1.82) is 0 Å². The highest BCUT2D eigenvalue weighted by Gasteiger charge is 2.60. The minimum absolute atomic E-state index is 0.00549. The van der Waals surface area contributed by atoms with Crippen LogP contribution in [0.25, 0.3) is 0 Å². The number of methoxy groups -OCH3 is 1. The lowest BCUT2D eigenvalue weighted by Gasteiger charge is -2.37. The Labute approximate surface area is 178 Å². The molecule has 0 aliphatic heterocycles. The smallest absolute Gasteiger partial charge is 0.423 e. The second-order valence-corrected chi connectivity index (χ2v) is 7.39. The zero-order valence-electron chi connectivity index (χ0n) is 17.0. The van der Waals surface area contributed by atoms with E-state index in [-0.39, 0.29) is 11.3 Å².